The van der Waals surface area contributed by atoms with Crippen molar-refractivity contribution in [1.82, 2.24) is 19.9 Å². The Labute approximate surface area is 108 Å². The summed E-state index contributed by atoms with van der Waals surface area (Å²) in [6.45, 7) is 8.61. The van der Waals surface area contributed by atoms with Gasteiger partial charge in [0.2, 0.25) is 5.89 Å². The summed E-state index contributed by atoms with van der Waals surface area (Å²) in [6.07, 6.45) is 3.90. The van der Waals surface area contributed by atoms with Gasteiger partial charge in [-0.25, -0.2) is 0 Å². The van der Waals surface area contributed by atoms with Crippen molar-refractivity contribution in [1.29, 1.82) is 0 Å². The molecule has 2 atom stereocenters. The van der Waals surface area contributed by atoms with E-state index in [0.717, 1.165) is 25.0 Å². The third kappa shape index (κ3) is 2.29. The molecule has 18 heavy (non-hydrogen) atoms. The molecule has 0 N–H and O–H groups in total. The van der Waals surface area contributed by atoms with E-state index in [2.05, 4.69) is 26.9 Å². The maximum Gasteiger partial charge on any atom is 0.223 e. The number of nitrogens with zero attached hydrogens (tertiary/aromatic N) is 4. The molecule has 3 heterocycles. The van der Waals surface area contributed by atoms with Crippen LogP contribution in [0.3, 0.4) is 0 Å². The SMILES string of the molecule is CCC1CN2CCCC2CN1Cc1noc(C)n1. The average Bonchev–Trinajstić information content (AvgIpc) is 2.97. The lowest BCUT2D eigenvalue weighted by Crippen LogP contribution is -2.55. The van der Waals surface area contributed by atoms with Gasteiger partial charge in [-0.1, -0.05) is 12.1 Å². The van der Waals surface area contributed by atoms with Gasteiger partial charge in [-0.2, -0.15) is 4.98 Å². The molecule has 0 spiro atoms. The van der Waals surface area contributed by atoms with Gasteiger partial charge in [0.05, 0.1) is 6.54 Å². The zero-order chi connectivity index (χ0) is 12.5. The Hall–Kier alpha value is -0.940. The molecule has 5 nitrogen and oxygen atoms in total. The summed E-state index contributed by atoms with van der Waals surface area (Å²) in [5.41, 5.74) is 0. The molecule has 2 aliphatic heterocycles. The van der Waals surface area contributed by atoms with Crippen LogP contribution >= 0.6 is 0 Å². The fraction of sp³-hybridized carbons (Fsp3) is 0.846. The summed E-state index contributed by atoms with van der Waals surface area (Å²) in [4.78, 5) is 9.52. The van der Waals surface area contributed by atoms with Crippen LogP contribution in [0.2, 0.25) is 0 Å². The number of hydrogen-bond donors (Lipinski definition) is 0. The topological polar surface area (TPSA) is 45.4 Å². The highest BCUT2D eigenvalue weighted by atomic mass is 16.5. The van der Waals surface area contributed by atoms with Gasteiger partial charge in [0.1, 0.15) is 0 Å². The first-order valence-electron chi connectivity index (χ1n) is 7.03. The zero-order valence-electron chi connectivity index (χ0n) is 11.3. The van der Waals surface area contributed by atoms with Crippen LogP contribution in [0.15, 0.2) is 4.52 Å². The number of aromatic nitrogens is 2. The van der Waals surface area contributed by atoms with Crippen molar-refractivity contribution in [3.8, 4) is 0 Å². The van der Waals surface area contributed by atoms with E-state index < -0.39 is 0 Å². The second-order valence-corrected chi connectivity index (χ2v) is 5.51. The maximum absolute atomic E-state index is 5.06. The molecule has 2 saturated heterocycles. The van der Waals surface area contributed by atoms with Crippen LogP contribution in [0.5, 0.6) is 0 Å². The molecule has 0 amide bonds. The molecule has 100 valence electrons. The molecule has 2 aliphatic rings. The molecular weight excluding hydrogens is 228 g/mol. The van der Waals surface area contributed by atoms with E-state index in [-0.39, 0.29) is 0 Å². The van der Waals surface area contributed by atoms with Gasteiger partial charge in [0.25, 0.3) is 0 Å². The molecular formula is C13H22N4O. The Morgan fingerprint density at radius 3 is 3.00 bits per heavy atom. The molecule has 0 radical (unpaired) electrons. The summed E-state index contributed by atoms with van der Waals surface area (Å²) in [5.74, 6) is 1.50. The lowest BCUT2D eigenvalue weighted by molar-refractivity contribution is 0.0415. The van der Waals surface area contributed by atoms with E-state index in [1.165, 1.54) is 32.4 Å². The predicted molar refractivity (Wildman–Crippen MR) is 68.1 cm³/mol. The Morgan fingerprint density at radius 2 is 2.28 bits per heavy atom. The van der Waals surface area contributed by atoms with E-state index in [1.807, 2.05) is 6.92 Å². The molecule has 5 heteroatoms. The quantitative estimate of drug-likeness (QED) is 0.812. The summed E-state index contributed by atoms with van der Waals surface area (Å²) in [7, 11) is 0. The predicted octanol–water partition coefficient (Wildman–Crippen LogP) is 1.44. The third-order valence-electron chi connectivity index (χ3n) is 4.29. The minimum atomic E-state index is 0.637. The van der Waals surface area contributed by atoms with Gasteiger partial charge >= 0.3 is 0 Å². The van der Waals surface area contributed by atoms with Gasteiger partial charge in [-0.3, -0.25) is 9.80 Å². The summed E-state index contributed by atoms with van der Waals surface area (Å²) >= 11 is 0. The Morgan fingerprint density at radius 1 is 1.39 bits per heavy atom. The average molecular weight is 250 g/mol. The van der Waals surface area contributed by atoms with E-state index in [4.69, 9.17) is 4.52 Å². The lowest BCUT2D eigenvalue weighted by Gasteiger charge is -2.43. The summed E-state index contributed by atoms with van der Waals surface area (Å²) in [5, 5.41) is 4.02. The smallest absolute Gasteiger partial charge is 0.223 e. The van der Waals surface area contributed by atoms with Crippen molar-refractivity contribution in [2.45, 2.75) is 51.7 Å². The molecule has 0 bridgehead atoms. The van der Waals surface area contributed by atoms with Gasteiger partial charge in [-0.15, -0.1) is 0 Å². The first kappa shape index (κ1) is 12.1. The first-order chi connectivity index (χ1) is 8.76. The number of piperazine rings is 1. The monoisotopic (exact) mass is 250 g/mol. The minimum absolute atomic E-state index is 0.637. The second kappa shape index (κ2) is 4.97. The molecule has 2 fully saturated rings. The zero-order valence-corrected chi connectivity index (χ0v) is 11.3. The molecule has 3 rings (SSSR count). The first-order valence-corrected chi connectivity index (χ1v) is 7.03. The Kier molecular flexibility index (Phi) is 3.35. The van der Waals surface area contributed by atoms with Crippen LogP contribution in [0.4, 0.5) is 0 Å². The fourth-order valence-electron chi connectivity index (χ4n) is 3.32. The van der Waals surface area contributed by atoms with Crippen LogP contribution in [0.1, 0.15) is 37.9 Å². The lowest BCUT2D eigenvalue weighted by atomic mass is 10.1. The highest BCUT2D eigenvalue weighted by molar-refractivity contribution is 4.94. The minimum Gasteiger partial charge on any atom is -0.340 e. The van der Waals surface area contributed by atoms with Gasteiger partial charge in [-0.05, 0) is 25.8 Å². The van der Waals surface area contributed by atoms with E-state index >= 15 is 0 Å². The number of rotatable bonds is 3. The van der Waals surface area contributed by atoms with Crippen molar-refractivity contribution < 1.29 is 4.52 Å². The molecule has 0 aromatic carbocycles. The Balaban J connectivity index is 1.69. The van der Waals surface area contributed by atoms with Crippen molar-refractivity contribution in [2.24, 2.45) is 0 Å². The molecule has 2 unspecified atom stereocenters. The Bertz CT molecular complexity index is 405. The van der Waals surface area contributed by atoms with Crippen molar-refractivity contribution in [3.63, 3.8) is 0 Å². The molecule has 0 aliphatic carbocycles. The number of hydrogen-bond acceptors (Lipinski definition) is 5. The molecule has 1 aromatic rings. The van der Waals surface area contributed by atoms with Gasteiger partial charge in [0, 0.05) is 32.1 Å². The maximum atomic E-state index is 5.06. The fourth-order valence-corrected chi connectivity index (χ4v) is 3.32. The normalized spacial score (nSPS) is 29.7. The van der Waals surface area contributed by atoms with E-state index in [0.29, 0.717) is 11.9 Å². The third-order valence-corrected chi connectivity index (χ3v) is 4.29. The molecule has 0 saturated carbocycles. The van der Waals surface area contributed by atoms with Crippen LogP contribution in [0.25, 0.3) is 0 Å². The number of fused-ring (bicyclic) bond motifs is 1. The van der Waals surface area contributed by atoms with Crippen molar-refractivity contribution in [2.75, 3.05) is 19.6 Å². The molecule has 1 aromatic heterocycles. The second-order valence-electron chi connectivity index (χ2n) is 5.51. The van der Waals surface area contributed by atoms with Gasteiger partial charge in [0.15, 0.2) is 5.82 Å². The standard InChI is InChI=1S/C13H22N4O/c1-3-11-7-16-6-4-5-12(16)8-17(11)9-13-14-10(2)18-15-13/h11-12H,3-9H2,1-2H3. The largest absolute Gasteiger partial charge is 0.340 e. The van der Waals surface area contributed by atoms with Crippen LogP contribution < -0.4 is 0 Å². The summed E-state index contributed by atoms with van der Waals surface area (Å²) < 4.78 is 5.06. The van der Waals surface area contributed by atoms with Gasteiger partial charge < -0.3 is 4.52 Å². The van der Waals surface area contributed by atoms with Crippen molar-refractivity contribution >= 4 is 0 Å². The van der Waals surface area contributed by atoms with Crippen LogP contribution in [-0.2, 0) is 6.54 Å². The highest BCUT2D eigenvalue weighted by Crippen LogP contribution is 2.26. The summed E-state index contributed by atoms with van der Waals surface area (Å²) in [6, 6.07) is 1.39. The van der Waals surface area contributed by atoms with E-state index in [1.54, 1.807) is 0 Å². The number of aryl methyl sites for hydroxylation is 1. The van der Waals surface area contributed by atoms with E-state index in [9.17, 15) is 0 Å². The highest BCUT2D eigenvalue weighted by Gasteiger charge is 2.35. The van der Waals surface area contributed by atoms with Crippen LogP contribution in [0, 0.1) is 6.92 Å². The van der Waals surface area contributed by atoms with Crippen molar-refractivity contribution in [3.05, 3.63) is 11.7 Å². The van der Waals surface area contributed by atoms with Crippen LogP contribution in [-0.4, -0.2) is 51.7 Å².